The molecule has 2 amide bonds. The van der Waals surface area contributed by atoms with Gasteiger partial charge in [-0.2, -0.15) is 0 Å². The van der Waals surface area contributed by atoms with E-state index in [0.717, 1.165) is 19.3 Å². The van der Waals surface area contributed by atoms with Gasteiger partial charge in [-0.3, -0.25) is 0 Å². The van der Waals surface area contributed by atoms with Crippen LogP contribution in [0.2, 0.25) is 0 Å². The number of benzene rings is 1. The van der Waals surface area contributed by atoms with Crippen LogP contribution in [-0.4, -0.2) is 30.5 Å². The lowest BCUT2D eigenvalue weighted by atomic mass is 9.96. The molecule has 3 unspecified atom stereocenters. The molecule has 2 aliphatic heterocycles. The first-order chi connectivity index (χ1) is 9.65. The zero-order valence-electron chi connectivity index (χ0n) is 11.2. The van der Waals surface area contributed by atoms with Crippen molar-refractivity contribution >= 4 is 23.5 Å². The number of anilines is 1. The van der Waals surface area contributed by atoms with Crippen molar-refractivity contribution in [1.29, 1.82) is 0 Å². The third kappa shape index (κ3) is 2.76. The Kier molecular flexibility index (Phi) is 3.85. The number of amides is 2. The lowest BCUT2D eigenvalue weighted by Gasteiger charge is -2.20. The van der Waals surface area contributed by atoms with Crippen LogP contribution in [0.25, 0.3) is 0 Å². The Morgan fingerprint density at radius 3 is 2.90 bits per heavy atom. The third-order valence-electron chi connectivity index (χ3n) is 3.83. The van der Waals surface area contributed by atoms with Gasteiger partial charge in [0.15, 0.2) is 0 Å². The summed E-state index contributed by atoms with van der Waals surface area (Å²) in [6.07, 6.45) is 5.22. The highest BCUT2D eigenvalue weighted by atomic mass is 32.2. The minimum atomic E-state index is -0.321. The molecule has 0 aliphatic carbocycles. The van der Waals surface area contributed by atoms with E-state index in [-0.39, 0.29) is 24.0 Å². The van der Waals surface area contributed by atoms with Crippen LogP contribution in [0.5, 0.6) is 0 Å². The number of ether oxygens (including phenoxy) is 1. The molecule has 2 bridgehead atoms. The average Bonchev–Trinajstić information content (AvgIpc) is 3.01. The summed E-state index contributed by atoms with van der Waals surface area (Å²) in [5.74, 6) is -0.321. The zero-order valence-corrected chi connectivity index (χ0v) is 12.0. The fraction of sp³-hybridized carbons (Fsp3) is 0.500. The normalized spacial score (nSPS) is 27.6. The van der Waals surface area contributed by atoms with E-state index in [2.05, 4.69) is 10.6 Å². The molecule has 2 N–H and O–H groups in total. The Bertz CT molecular complexity index is 526. The first-order valence-corrected chi connectivity index (χ1v) is 7.94. The quantitative estimate of drug-likeness (QED) is 0.843. The highest BCUT2D eigenvalue weighted by Crippen LogP contribution is 2.34. The second-order valence-corrected chi connectivity index (χ2v) is 6.01. The fourth-order valence-corrected chi connectivity index (χ4v) is 3.33. The maximum Gasteiger partial charge on any atom is 0.319 e. The monoisotopic (exact) mass is 296 g/mol. The van der Waals surface area contributed by atoms with Crippen LogP contribution in [0, 0.1) is 5.82 Å². The first kappa shape index (κ1) is 13.7. The van der Waals surface area contributed by atoms with Crippen LogP contribution in [-0.2, 0) is 4.74 Å². The highest BCUT2D eigenvalue weighted by molar-refractivity contribution is 7.98. The van der Waals surface area contributed by atoms with Gasteiger partial charge in [-0.15, -0.1) is 11.8 Å². The van der Waals surface area contributed by atoms with E-state index in [1.165, 1.54) is 17.8 Å². The topological polar surface area (TPSA) is 50.4 Å². The third-order valence-corrected chi connectivity index (χ3v) is 4.60. The number of thioether (sulfide) groups is 1. The van der Waals surface area contributed by atoms with Crippen molar-refractivity contribution < 1.29 is 13.9 Å². The molecular weight excluding hydrogens is 279 g/mol. The van der Waals surface area contributed by atoms with E-state index in [1.807, 2.05) is 6.26 Å². The number of nitrogens with one attached hydrogen (secondary N) is 2. The molecule has 0 spiro atoms. The van der Waals surface area contributed by atoms with Crippen LogP contribution < -0.4 is 10.6 Å². The Hall–Kier alpha value is -1.27. The molecule has 1 aromatic carbocycles. The van der Waals surface area contributed by atoms with Crippen LogP contribution in [0.1, 0.15) is 19.3 Å². The van der Waals surface area contributed by atoms with Gasteiger partial charge in [-0.25, -0.2) is 9.18 Å². The molecule has 0 aromatic heterocycles. The number of halogens is 1. The molecule has 2 heterocycles. The van der Waals surface area contributed by atoms with Gasteiger partial charge in [0.05, 0.1) is 18.2 Å². The molecule has 6 heteroatoms. The largest absolute Gasteiger partial charge is 0.373 e. The van der Waals surface area contributed by atoms with Crippen LogP contribution in [0.15, 0.2) is 23.1 Å². The summed E-state index contributed by atoms with van der Waals surface area (Å²) in [6.45, 7) is 0. The van der Waals surface area contributed by atoms with Crippen molar-refractivity contribution in [2.45, 2.75) is 42.4 Å². The SMILES string of the molecule is CSc1ccc(NC(=O)NC2CC3CCC2O3)cc1F. The number of hydrogen-bond donors (Lipinski definition) is 2. The van der Waals surface area contributed by atoms with Gasteiger partial charge in [0.25, 0.3) is 0 Å². The van der Waals surface area contributed by atoms with Crippen molar-refractivity contribution in [2.75, 3.05) is 11.6 Å². The second-order valence-electron chi connectivity index (χ2n) is 5.16. The van der Waals surface area contributed by atoms with E-state index in [0.29, 0.717) is 16.7 Å². The van der Waals surface area contributed by atoms with Crippen LogP contribution >= 0.6 is 11.8 Å². The molecular formula is C14H17FN2O2S. The van der Waals surface area contributed by atoms with Gasteiger partial charge in [0.2, 0.25) is 0 Å². The summed E-state index contributed by atoms with van der Waals surface area (Å²) in [4.78, 5) is 12.5. The highest BCUT2D eigenvalue weighted by Gasteiger charge is 2.41. The van der Waals surface area contributed by atoms with Gasteiger partial charge >= 0.3 is 6.03 Å². The van der Waals surface area contributed by atoms with Crippen LogP contribution in [0.3, 0.4) is 0 Å². The molecule has 4 nitrogen and oxygen atoms in total. The smallest absolute Gasteiger partial charge is 0.319 e. The summed E-state index contributed by atoms with van der Waals surface area (Å²) in [5.41, 5.74) is 0.460. The molecule has 20 heavy (non-hydrogen) atoms. The lowest BCUT2D eigenvalue weighted by molar-refractivity contribution is 0.0984. The van der Waals surface area contributed by atoms with E-state index in [1.54, 1.807) is 12.1 Å². The van der Waals surface area contributed by atoms with Gasteiger partial charge in [0, 0.05) is 10.6 Å². The molecule has 3 rings (SSSR count). The van der Waals surface area contributed by atoms with E-state index in [4.69, 9.17) is 4.74 Å². The number of rotatable bonds is 3. The predicted molar refractivity (Wildman–Crippen MR) is 76.6 cm³/mol. The second kappa shape index (κ2) is 5.61. The molecule has 0 saturated carbocycles. The van der Waals surface area contributed by atoms with Crippen molar-refractivity contribution in [3.05, 3.63) is 24.0 Å². The Morgan fingerprint density at radius 1 is 1.45 bits per heavy atom. The summed E-state index contributed by atoms with van der Waals surface area (Å²) in [5, 5.41) is 5.57. The summed E-state index contributed by atoms with van der Waals surface area (Å²) >= 11 is 1.34. The van der Waals surface area contributed by atoms with E-state index in [9.17, 15) is 9.18 Å². The fourth-order valence-electron chi connectivity index (χ4n) is 2.87. The predicted octanol–water partition coefficient (Wildman–Crippen LogP) is 2.99. The van der Waals surface area contributed by atoms with Crippen LogP contribution in [0.4, 0.5) is 14.9 Å². The molecule has 0 radical (unpaired) electrons. The van der Waals surface area contributed by atoms with E-state index < -0.39 is 0 Å². The Balaban J connectivity index is 1.57. The number of carbonyl (C=O) groups excluding carboxylic acids is 1. The van der Waals surface area contributed by atoms with Gasteiger partial charge in [-0.1, -0.05) is 0 Å². The summed E-state index contributed by atoms with van der Waals surface area (Å²) in [7, 11) is 0. The minimum absolute atomic E-state index is 0.0732. The number of urea groups is 1. The van der Waals surface area contributed by atoms with Gasteiger partial charge in [0.1, 0.15) is 5.82 Å². The molecule has 1 aromatic rings. The van der Waals surface area contributed by atoms with Crippen molar-refractivity contribution in [3.8, 4) is 0 Å². The average molecular weight is 296 g/mol. The lowest BCUT2D eigenvalue weighted by Crippen LogP contribution is -2.43. The molecule has 2 saturated heterocycles. The molecule has 2 aliphatic rings. The minimum Gasteiger partial charge on any atom is -0.373 e. The van der Waals surface area contributed by atoms with Crippen molar-refractivity contribution in [1.82, 2.24) is 5.32 Å². The number of carbonyl (C=O) groups is 1. The summed E-state index contributed by atoms with van der Waals surface area (Å²) in [6, 6.07) is 4.47. The van der Waals surface area contributed by atoms with Gasteiger partial charge < -0.3 is 15.4 Å². The summed E-state index contributed by atoms with van der Waals surface area (Å²) < 4.78 is 19.3. The maximum absolute atomic E-state index is 13.6. The van der Waals surface area contributed by atoms with Crippen molar-refractivity contribution in [2.24, 2.45) is 0 Å². The van der Waals surface area contributed by atoms with Crippen molar-refractivity contribution in [3.63, 3.8) is 0 Å². The standard InChI is InChI=1S/C14H17FN2O2S/c1-20-13-5-2-8(6-10(13)15)16-14(18)17-11-7-9-3-4-12(11)19-9/h2,5-6,9,11-12H,3-4,7H2,1H3,(H2,16,17,18). The Morgan fingerprint density at radius 2 is 2.30 bits per heavy atom. The molecule has 3 atom stereocenters. The van der Waals surface area contributed by atoms with Gasteiger partial charge in [-0.05, 0) is 43.7 Å². The Labute approximate surface area is 121 Å². The molecule has 108 valence electrons. The number of hydrogen-bond acceptors (Lipinski definition) is 3. The first-order valence-electron chi connectivity index (χ1n) is 6.72. The maximum atomic E-state index is 13.6. The van der Waals surface area contributed by atoms with E-state index >= 15 is 0 Å². The number of fused-ring (bicyclic) bond motifs is 2. The zero-order chi connectivity index (χ0) is 14.1. The molecule has 2 fully saturated rings.